The van der Waals surface area contributed by atoms with E-state index < -0.39 is 5.97 Å². The van der Waals surface area contributed by atoms with E-state index >= 15 is 0 Å². The van der Waals surface area contributed by atoms with Gasteiger partial charge in [0.2, 0.25) is 0 Å². The highest BCUT2D eigenvalue weighted by Crippen LogP contribution is 2.29. The van der Waals surface area contributed by atoms with E-state index in [4.69, 9.17) is 5.11 Å². The molecule has 1 unspecified atom stereocenters. The average Bonchev–Trinajstić information content (AvgIpc) is 3.00. The molecule has 1 aliphatic heterocycles. The molecule has 1 saturated heterocycles. The van der Waals surface area contributed by atoms with Crippen LogP contribution in [0.4, 0.5) is 0 Å². The number of likely N-dealkylation sites (tertiary alicyclic amines) is 1. The number of carboxylic acids is 1. The highest BCUT2D eigenvalue weighted by molar-refractivity contribution is 5.87. The SMILES string of the molecule is CN1CCCC1c1cncc(C#Cc2ccc(C(=O)O)cc2)c1. The Kier molecular flexibility index (Phi) is 4.40. The maximum atomic E-state index is 10.8. The van der Waals surface area contributed by atoms with Gasteiger partial charge in [-0.05, 0) is 62.3 Å². The van der Waals surface area contributed by atoms with Gasteiger partial charge >= 0.3 is 5.97 Å². The topological polar surface area (TPSA) is 53.4 Å². The Balaban J connectivity index is 1.79. The lowest BCUT2D eigenvalue weighted by atomic mass is 10.0. The molecule has 0 radical (unpaired) electrons. The molecule has 4 nitrogen and oxygen atoms in total. The Morgan fingerprint density at radius 2 is 1.96 bits per heavy atom. The van der Waals surface area contributed by atoms with E-state index in [0.717, 1.165) is 24.1 Å². The molecule has 116 valence electrons. The Hall–Kier alpha value is -2.64. The first-order chi connectivity index (χ1) is 11.1. The third kappa shape index (κ3) is 3.58. The van der Waals surface area contributed by atoms with Gasteiger partial charge in [0, 0.05) is 29.6 Å². The maximum Gasteiger partial charge on any atom is 0.335 e. The molecule has 0 aliphatic carbocycles. The van der Waals surface area contributed by atoms with Gasteiger partial charge in [-0.2, -0.15) is 0 Å². The van der Waals surface area contributed by atoms with Crippen LogP contribution in [0.5, 0.6) is 0 Å². The number of carboxylic acid groups (broad SMARTS) is 1. The van der Waals surface area contributed by atoms with Crippen LogP contribution in [-0.4, -0.2) is 34.6 Å². The second kappa shape index (κ2) is 6.64. The van der Waals surface area contributed by atoms with Crippen LogP contribution in [0.15, 0.2) is 42.7 Å². The van der Waals surface area contributed by atoms with Crippen LogP contribution in [0, 0.1) is 11.8 Å². The second-order valence-corrected chi connectivity index (χ2v) is 5.78. The van der Waals surface area contributed by atoms with Crippen LogP contribution in [0.25, 0.3) is 0 Å². The summed E-state index contributed by atoms with van der Waals surface area (Å²) in [7, 11) is 2.14. The first-order valence-electron chi connectivity index (χ1n) is 7.64. The molecule has 1 atom stereocenters. The van der Waals surface area contributed by atoms with Gasteiger partial charge in [0.15, 0.2) is 0 Å². The number of hydrogen-bond acceptors (Lipinski definition) is 3. The molecule has 4 heteroatoms. The van der Waals surface area contributed by atoms with Crippen molar-refractivity contribution in [2.75, 3.05) is 13.6 Å². The number of nitrogens with zero attached hydrogens (tertiary/aromatic N) is 2. The Labute approximate surface area is 135 Å². The Morgan fingerprint density at radius 3 is 2.61 bits per heavy atom. The van der Waals surface area contributed by atoms with Gasteiger partial charge in [0.25, 0.3) is 0 Å². The molecule has 3 rings (SSSR count). The molecular weight excluding hydrogens is 288 g/mol. The van der Waals surface area contributed by atoms with Gasteiger partial charge in [-0.15, -0.1) is 0 Å². The minimum absolute atomic E-state index is 0.267. The summed E-state index contributed by atoms with van der Waals surface area (Å²) in [6, 6.07) is 9.09. The van der Waals surface area contributed by atoms with Crippen LogP contribution in [0.1, 0.15) is 45.9 Å². The molecule has 0 amide bonds. The van der Waals surface area contributed by atoms with E-state index in [1.165, 1.54) is 12.0 Å². The van der Waals surface area contributed by atoms with Crippen LogP contribution < -0.4 is 0 Å². The molecule has 0 spiro atoms. The van der Waals surface area contributed by atoms with Crippen LogP contribution >= 0.6 is 0 Å². The number of carbonyl (C=O) groups is 1. The van der Waals surface area contributed by atoms with Crippen molar-refractivity contribution in [3.8, 4) is 11.8 Å². The van der Waals surface area contributed by atoms with Crippen molar-refractivity contribution in [1.82, 2.24) is 9.88 Å². The zero-order valence-electron chi connectivity index (χ0n) is 13.0. The third-order valence-corrected chi connectivity index (χ3v) is 4.15. The minimum Gasteiger partial charge on any atom is -0.478 e. The van der Waals surface area contributed by atoms with Crippen molar-refractivity contribution in [2.24, 2.45) is 0 Å². The number of aromatic nitrogens is 1. The zero-order valence-corrected chi connectivity index (χ0v) is 13.0. The number of hydrogen-bond donors (Lipinski definition) is 1. The van der Waals surface area contributed by atoms with Crippen molar-refractivity contribution in [3.05, 3.63) is 65.0 Å². The van der Waals surface area contributed by atoms with E-state index in [0.29, 0.717) is 6.04 Å². The van der Waals surface area contributed by atoms with E-state index in [9.17, 15) is 4.79 Å². The maximum absolute atomic E-state index is 10.8. The summed E-state index contributed by atoms with van der Waals surface area (Å²) in [6.45, 7) is 1.12. The number of rotatable bonds is 2. The molecule has 1 aliphatic rings. The fraction of sp³-hybridized carbons (Fsp3) is 0.263. The largest absolute Gasteiger partial charge is 0.478 e. The van der Waals surface area contributed by atoms with E-state index in [1.54, 1.807) is 30.5 Å². The second-order valence-electron chi connectivity index (χ2n) is 5.78. The molecule has 2 aromatic rings. The molecule has 1 N–H and O–H groups in total. The van der Waals surface area contributed by atoms with Crippen molar-refractivity contribution in [1.29, 1.82) is 0 Å². The quantitative estimate of drug-likeness (QED) is 0.867. The van der Waals surface area contributed by atoms with Crippen molar-refractivity contribution in [2.45, 2.75) is 18.9 Å². The van der Waals surface area contributed by atoms with Gasteiger partial charge < -0.3 is 5.11 Å². The number of benzene rings is 1. The first kappa shape index (κ1) is 15.3. The van der Waals surface area contributed by atoms with Crippen molar-refractivity contribution in [3.63, 3.8) is 0 Å². The fourth-order valence-corrected chi connectivity index (χ4v) is 2.88. The highest BCUT2D eigenvalue weighted by Gasteiger charge is 2.22. The lowest BCUT2D eigenvalue weighted by Crippen LogP contribution is -2.17. The molecule has 1 fully saturated rings. The van der Waals surface area contributed by atoms with E-state index in [1.807, 2.05) is 6.20 Å². The van der Waals surface area contributed by atoms with Gasteiger partial charge in [0.1, 0.15) is 0 Å². The number of aromatic carboxylic acids is 1. The van der Waals surface area contributed by atoms with Gasteiger partial charge in [-0.3, -0.25) is 9.88 Å². The van der Waals surface area contributed by atoms with Crippen molar-refractivity contribution < 1.29 is 9.90 Å². The zero-order chi connectivity index (χ0) is 16.2. The molecule has 1 aromatic heterocycles. The Morgan fingerprint density at radius 1 is 1.22 bits per heavy atom. The average molecular weight is 306 g/mol. The predicted octanol–water partition coefficient (Wildman–Crippen LogP) is 2.95. The molecule has 0 saturated carbocycles. The summed E-state index contributed by atoms with van der Waals surface area (Å²) in [5.41, 5.74) is 3.14. The molecular formula is C19H18N2O2. The normalized spacial score (nSPS) is 17.5. The van der Waals surface area contributed by atoms with Crippen LogP contribution in [0.2, 0.25) is 0 Å². The lowest BCUT2D eigenvalue weighted by Gasteiger charge is -2.19. The molecule has 0 bridgehead atoms. The van der Waals surface area contributed by atoms with Gasteiger partial charge in [0.05, 0.1) is 5.56 Å². The summed E-state index contributed by atoms with van der Waals surface area (Å²) >= 11 is 0. The van der Waals surface area contributed by atoms with Gasteiger partial charge in [-0.25, -0.2) is 4.79 Å². The van der Waals surface area contributed by atoms with Crippen LogP contribution in [-0.2, 0) is 0 Å². The molecule has 2 heterocycles. The van der Waals surface area contributed by atoms with Gasteiger partial charge in [-0.1, -0.05) is 11.8 Å². The fourth-order valence-electron chi connectivity index (χ4n) is 2.88. The van der Waals surface area contributed by atoms with Crippen molar-refractivity contribution >= 4 is 5.97 Å². The van der Waals surface area contributed by atoms with E-state index in [2.05, 4.69) is 34.8 Å². The predicted molar refractivity (Wildman–Crippen MR) is 88.2 cm³/mol. The monoisotopic (exact) mass is 306 g/mol. The molecule has 23 heavy (non-hydrogen) atoms. The smallest absolute Gasteiger partial charge is 0.335 e. The third-order valence-electron chi connectivity index (χ3n) is 4.15. The minimum atomic E-state index is -0.929. The lowest BCUT2D eigenvalue weighted by molar-refractivity contribution is 0.0697. The highest BCUT2D eigenvalue weighted by atomic mass is 16.4. The standard InChI is InChI=1S/C19H18N2O2/c1-21-10-2-3-18(21)17-11-15(12-20-13-17)5-4-14-6-8-16(9-7-14)19(22)23/h6-9,11-13,18H,2-3,10H2,1H3,(H,22,23). The molecule has 1 aromatic carbocycles. The Bertz CT molecular complexity index is 772. The number of pyridine rings is 1. The summed E-state index contributed by atoms with van der Waals surface area (Å²) in [5.74, 6) is 5.24. The summed E-state index contributed by atoms with van der Waals surface area (Å²) in [6.07, 6.45) is 6.05. The first-order valence-corrected chi connectivity index (χ1v) is 7.64. The van der Waals surface area contributed by atoms with E-state index in [-0.39, 0.29) is 5.56 Å². The summed E-state index contributed by atoms with van der Waals surface area (Å²) < 4.78 is 0. The summed E-state index contributed by atoms with van der Waals surface area (Å²) in [5, 5.41) is 8.89. The van der Waals surface area contributed by atoms with Crippen LogP contribution in [0.3, 0.4) is 0 Å². The summed E-state index contributed by atoms with van der Waals surface area (Å²) in [4.78, 5) is 17.5.